The molecule has 0 radical (unpaired) electrons. The van der Waals surface area contributed by atoms with Gasteiger partial charge in [0.2, 0.25) is 0 Å². The summed E-state index contributed by atoms with van der Waals surface area (Å²) in [5, 5.41) is 0. The number of aliphatic hydroxyl groups is 2. The van der Waals surface area contributed by atoms with Gasteiger partial charge in [-0.05, 0) is 0 Å². The van der Waals surface area contributed by atoms with Crippen molar-refractivity contribution in [3.8, 4) is 0 Å². The lowest BCUT2D eigenvalue weighted by Crippen LogP contribution is -2.81. The predicted octanol–water partition coefficient (Wildman–Crippen LogP) is 5.62. The summed E-state index contributed by atoms with van der Waals surface area (Å²) < 4.78 is 297. The van der Waals surface area contributed by atoms with Gasteiger partial charge in [-0.15, -0.1) is 21.9 Å². The summed E-state index contributed by atoms with van der Waals surface area (Å²) in [6, 6.07) is 0. The Labute approximate surface area is 251 Å². The van der Waals surface area contributed by atoms with E-state index in [1.807, 2.05) is 0 Å². The number of hydrogen-bond donors (Lipinski definition) is 0. The maximum atomic E-state index is 15.4. The molecule has 0 aliphatic carbocycles. The first-order valence-electron chi connectivity index (χ1n) is 11.8. The molecule has 0 heterocycles. The van der Waals surface area contributed by atoms with E-state index in [9.17, 15) is 52.7 Å². The Morgan fingerprint density at radius 1 is 0.229 bits per heavy atom. The number of halogens is 20. The second-order valence-electron chi connectivity index (χ2n) is 9.25. The van der Waals surface area contributed by atoms with Crippen molar-refractivity contribution in [3.63, 3.8) is 0 Å². The number of benzene rings is 4. The first-order chi connectivity index (χ1) is 22.1. The van der Waals surface area contributed by atoms with E-state index in [-0.39, 0.29) is 0 Å². The zero-order valence-electron chi connectivity index (χ0n) is 22.6. The van der Waals surface area contributed by atoms with Gasteiger partial charge < -0.3 is 4.74 Å². The molecule has 0 bridgehead atoms. The molecule has 0 spiro atoms. The molecule has 0 saturated heterocycles. The Bertz CT molecular complexity index is 1590. The van der Waals surface area contributed by atoms with Gasteiger partial charge in [0.15, 0.2) is 69.8 Å². The molecule has 0 aliphatic heterocycles. The van der Waals surface area contributed by atoms with Crippen molar-refractivity contribution in [2.45, 2.75) is 0 Å². The highest BCUT2D eigenvalue weighted by Crippen LogP contribution is 2.30. The van der Waals surface area contributed by atoms with Crippen molar-refractivity contribution in [1.29, 1.82) is 0 Å². The van der Waals surface area contributed by atoms with Gasteiger partial charge in [0, 0.05) is 0 Å². The predicted molar refractivity (Wildman–Crippen MR) is 123 cm³/mol. The smallest absolute Gasteiger partial charge is 0.200 e. The Hall–Kier alpha value is -4.50. The van der Waals surface area contributed by atoms with Crippen LogP contribution >= 0.6 is 0 Å². The lowest BCUT2D eigenvalue weighted by Gasteiger charge is -2.44. The molecule has 0 unspecified atom stereocenters. The number of ether oxygens (including phenoxy) is 1. The molecule has 0 amide bonds. The van der Waals surface area contributed by atoms with Crippen LogP contribution in [-0.2, 0) is 0 Å². The molecule has 0 aromatic heterocycles. The van der Waals surface area contributed by atoms with E-state index in [0.29, 0.717) is 0 Å². The molecule has 0 aliphatic rings. The van der Waals surface area contributed by atoms with Crippen molar-refractivity contribution in [2.75, 3.05) is 14.2 Å². The Kier molecular flexibility index (Phi) is 10.4. The highest BCUT2D eigenvalue weighted by molar-refractivity contribution is 7.20. The van der Waals surface area contributed by atoms with Crippen molar-refractivity contribution in [1.82, 2.24) is 0 Å². The zero-order valence-corrected chi connectivity index (χ0v) is 22.6. The van der Waals surface area contributed by atoms with Gasteiger partial charge >= 0.3 is 0 Å². The third kappa shape index (κ3) is 5.10. The quantitative estimate of drug-likeness (QED) is 0.0853. The summed E-state index contributed by atoms with van der Waals surface area (Å²) in [7, 11) is 3.50. The zero-order chi connectivity index (χ0) is 37.1. The Morgan fingerprint density at radius 3 is 0.417 bits per heavy atom. The summed E-state index contributed by atoms with van der Waals surface area (Å²) in [6.45, 7) is 0. The average Bonchev–Trinajstić information content (AvgIpc) is 3.04. The Balaban J connectivity index is 0.00000201. The van der Waals surface area contributed by atoms with Crippen LogP contribution < -0.4 is 21.9 Å². The van der Waals surface area contributed by atoms with Crippen LogP contribution in [0.1, 0.15) is 0 Å². The van der Waals surface area contributed by atoms with E-state index in [4.69, 9.17) is 0 Å². The highest BCUT2D eigenvalue weighted by Gasteiger charge is 2.52. The molecule has 0 atom stereocenters. The second kappa shape index (κ2) is 13.2. The molecule has 22 heteroatoms. The summed E-state index contributed by atoms with van der Waals surface area (Å²) in [5.74, 6) is -71.4. The molecular weight excluding hydrogens is 719 g/mol. The monoisotopic (exact) mass is 726 g/mol. The van der Waals surface area contributed by atoms with Gasteiger partial charge in [0.05, 0.1) is 0 Å². The first-order valence-corrected chi connectivity index (χ1v) is 11.8. The average molecular weight is 726 g/mol. The summed E-state index contributed by atoms with van der Waals surface area (Å²) >= 11 is 0. The topological polar surface area (TPSA) is 12.8 Å². The maximum Gasteiger partial charge on any atom is 0.200 e. The fourth-order valence-electron chi connectivity index (χ4n) is 4.87. The normalized spacial score (nSPS) is 11.6. The Morgan fingerprint density at radius 2 is 0.312 bits per heavy atom. The molecule has 4 aromatic carbocycles. The van der Waals surface area contributed by atoms with E-state index < -0.39 is 144 Å². The fourth-order valence-corrected chi connectivity index (χ4v) is 4.87. The molecule has 260 valence electrons. The second-order valence-corrected chi connectivity index (χ2v) is 9.25. The largest absolute Gasteiger partial charge is 0.438 e. The van der Waals surface area contributed by atoms with Crippen LogP contribution in [0, 0.1) is 116 Å². The molecule has 0 fully saturated rings. The fraction of sp³-hybridized carbons (Fsp3) is 0.0769. The van der Waals surface area contributed by atoms with E-state index in [0.717, 1.165) is 0 Å². The van der Waals surface area contributed by atoms with Gasteiger partial charge in [-0.1, -0.05) is 0 Å². The van der Waals surface area contributed by atoms with Crippen molar-refractivity contribution >= 4 is 28.0 Å². The standard InChI is InChI=1S/C24BF20.C2H6O/c26-5-1(6(27)14(35)21(42)13(5)34)25(2-7(28)15(36)22(43)16(37)8(2)29,3-9(30)17(38)23(44)18(39)10(3)31)4-11(32)19(40)24(45)20(41)12(4)33;1-3-2/h;1-2H3/q-1;/p+1. The van der Waals surface area contributed by atoms with Gasteiger partial charge in [0.1, 0.15) is 66.9 Å². The summed E-state index contributed by atoms with van der Waals surface area (Å²) in [6.07, 6.45) is -7.22. The summed E-state index contributed by atoms with van der Waals surface area (Å²) in [4.78, 5) is 0. The first kappa shape index (κ1) is 38.0. The minimum Gasteiger partial charge on any atom is -0.438 e. The van der Waals surface area contributed by atoms with Crippen LogP contribution in [0.15, 0.2) is 0 Å². The van der Waals surface area contributed by atoms with Crippen molar-refractivity contribution in [2.24, 2.45) is 0 Å². The summed E-state index contributed by atoms with van der Waals surface area (Å²) in [5.41, 5.74) is -14.3. The van der Waals surface area contributed by atoms with Crippen LogP contribution in [0.5, 0.6) is 0 Å². The van der Waals surface area contributed by atoms with Crippen LogP contribution in [0.25, 0.3) is 0 Å². The SMILES string of the molecule is C[OH+]C.Fc1c(F)c(F)c([B-](c2c(F)c(F)c(F)c(F)c2F)(c2c(F)c(F)c(F)c(F)c2F)c2c(F)c(F)c(F)c(F)c2F)c(F)c1F. The minimum absolute atomic E-state index is 1.75. The third-order valence-corrected chi connectivity index (χ3v) is 6.71. The van der Waals surface area contributed by atoms with Crippen LogP contribution in [0.3, 0.4) is 0 Å². The van der Waals surface area contributed by atoms with Crippen molar-refractivity contribution in [3.05, 3.63) is 116 Å². The van der Waals surface area contributed by atoms with E-state index in [2.05, 4.69) is 4.74 Å². The van der Waals surface area contributed by atoms with E-state index in [1.54, 1.807) is 14.2 Å². The molecule has 4 rings (SSSR count). The van der Waals surface area contributed by atoms with Gasteiger partial charge in [0.25, 0.3) is 0 Å². The van der Waals surface area contributed by atoms with Crippen LogP contribution in [0.2, 0.25) is 0 Å². The number of rotatable bonds is 4. The molecule has 48 heavy (non-hydrogen) atoms. The minimum atomic E-state index is -7.22. The van der Waals surface area contributed by atoms with Crippen molar-refractivity contribution < 1.29 is 92.5 Å². The molecular formula is C26H7BF20O. The van der Waals surface area contributed by atoms with Gasteiger partial charge in [-0.2, -0.15) is 0 Å². The highest BCUT2D eigenvalue weighted by atomic mass is 19.2. The van der Waals surface area contributed by atoms with E-state index >= 15 is 35.1 Å². The maximum absolute atomic E-state index is 15.4. The lowest BCUT2D eigenvalue weighted by atomic mass is 9.12. The molecule has 1 nitrogen and oxygen atoms in total. The third-order valence-electron chi connectivity index (χ3n) is 6.71. The molecule has 1 N–H and O–H groups in total. The van der Waals surface area contributed by atoms with Gasteiger partial charge in [-0.25, -0.2) is 87.8 Å². The van der Waals surface area contributed by atoms with E-state index in [1.165, 1.54) is 0 Å². The molecule has 4 aromatic rings. The molecule has 0 saturated carbocycles. The van der Waals surface area contributed by atoms with Crippen LogP contribution in [0.4, 0.5) is 87.8 Å². The van der Waals surface area contributed by atoms with Crippen LogP contribution in [-0.4, -0.2) is 25.1 Å². The van der Waals surface area contributed by atoms with Gasteiger partial charge in [-0.3, -0.25) is 0 Å². The number of hydrogen-bond acceptors (Lipinski definition) is 0. The lowest BCUT2D eigenvalue weighted by molar-refractivity contribution is 0.0768.